The number of nitrogens with zero attached hydrogens (tertiary/aromatic N) is 6. The first-order valence-corrected chi connectivity index (χ1v) is 25.1. The number of β-amino-alcohol motifs (C(OH)–C–C–N with tert-alkyl or cyclic N) is 1. The molecule has 2 fully saturated rings. The number of thiazole rings is 1. The van der Waals surface area contributed by atoms with Crippen LogP contribution < -0.4 is 15.5 Å². The van der Waals surface area contributed by atoms with Gasteiger partial charge in [0.1, 0.15) is 24.9 Å². The second-order valence-electron chi connectivity index (χ2n) is 19.9. The van der Waals surface area contributed by atoms with Crippen molar-refractivity contribution >= 4 is 46.2 Å². The third-order valence-corrected chi connectivity index (χ3v) is 14.8. The molecule has 4 heterocycles. The lowest BCUT2D eigenvalue weighted by molar-refractivity contribution is -0.144. The molecule has 0 radical (unpaired) electrons. The van der Waals surface area contributed by atoms with Crippen LogP contribution in [0.4, 0.5) is 5.69 Å². The zero-order chi connectivity index (χ0) is 49.6. The van der Waals surface area contributed by atoms with Crippen molar-refractivity contribution < 1.29 is 29.3 Å². The zero-order valence-electron chi connectivity index (χ0n) is 40.6. The number of aromatic nitrogens is 3. The molecular weight excluding hydrogens is 912 g/mol. The van der Waals surface area contributed by atoms with Crippen molar-refractivity contribution in [3.05, 3.63) is 112 Å². The number of nitrogens with one attached hydrogen (secondary N) is 2. The highest BCUT2D eigenvalue weighted by molar-refractivity contribution is 7.13. The topological polar surface area (TPSA) is 186 Å². The number of hydrogen-bond acceptors (Lipinski definition) is 12. The van der Waals surface area contributed by atoms with Crippen molar-refractivity contribution in [1.29, 1.82) is 5.26 Å². The fourth-order valence-electron chi connectivity index (χ4n) is 9.40. The third-order valence-electron chi connectivity index (χ3n) is 13.5. The SMILES string of the molecule is Cc1ncsc1-c1ccc([C@H](C)CC(=O)C2C[C@@H](O)CN2C(=O)[C@@H](NC(=O)COC(C)C2CCN(c3ccc([C@@H](O)N[C@@H](C)Cn4ccc(-c5ccc(C#N)c(Cl)c5)n4)cc3)CC2)C(C)(C)C)cc1. The summed E-state index contributed by atoms with van der Waals surface area (Å²) in [5.41, 5.74) is 8.02. The van der Waals surface area contributed by atoms with Crippen LogP contribution in [0.2, 0.25) is 5.02 Å². The Balaban J connectivity index is 0.848. The van der Waals surface area contributed by atoms with Crippen LogP contribution >= 0.6 is 22.9 Å². The molecule has 2 aromatic heterocycles. The molecular formula is C53H65ClN8O6S. The maximum Gasteiger partial charge on any atom is 0.246 e. The number of aliphatic hydroxyl groups excluding tert-OH is 2. The second kappa shape index (κ2) is 22.5. The first-order valence-electron chi connectivity index (χ1n) is 23.8. The number of ketones is 1. The Morgan fingerprint density at radius 1 is 0.986 bits per heavy atom. The number of hydrogen-bond donors (Lipinski definition) is 4. The van der Waals surface area contributed by atoms with Crippen molar-refractivity contribution in [2.24, 2.45) is 11.3 Å². The minimum Gasteiger partial charge on any atom is -0.391 e. The molecule has 14 nitrogen and oxygen atoms in total. The molecule has 4 N–H and O–H groups in total. The first-order chi connectivity index (χ1) is 32.9. The minimum absolute atomic E-state index is 0.0271. The summed E-state index contributed by atoms with van der Waals surface area (Å²) in [6.07, 6.45) is 2.08. The maximum absolute atomic E-state index is 14.2. The number of aryl methyl sites for hydroxylation is 1. The third kappa shape index (κ3) is 12.8. The van der Waals surface area contributed by atoms with Gasteiger partial charge in [0.2, 0.25) is 11.8 Å². The van der Waals surface area contributed by atoms with Gasteiger partial charge in [-0.25, -0.2) is 4.98 Å². The lowest BCUT2D eigenvalue weighted by atomic mass is 9.85. The number of carbonyl (C=O) groups is 3. The number of aliphatic hydroxyl groups is 2. The number of Topliss-reactive ketones (excluding diaryl/α,β-unsaturated/α-hetero) is 1. The van der Waals surface area contributed by atoms with Gasteiger partial charge in [-0.15, -0.1) is 11.3 Å². The monoisotopic (exact) mass is 976 g/mol. The van der Waals surface area contributed by atoms with Crippen LogP contribution in [-0.4, -0.2) is 104 Å². The van der Waals surface area contributed by atoms with Crippen molar-refractivity contribution in [2.75, 3.05) is 31.1 Å². The molecule has 2 saturated heterocycles. The number of nitriles is 1. The van der Waals surface area contributed by atoms with E-state index in [2.05, 4.69) is 31.7 Å². The number of piperidine rings is 1. The van der Waals surface area contributed by atoms with Crippen LogP contribution in [0.25, 0.3) is 21.7 Å². The summed E-state index contributed by atoms with van der Waals surface area (Å²) < 4.78 is 7.95. The van der Waals surface area contributed by atoms with Gasteiger partial charge < -0.3 is 30.1 Å². The molecule has 69 heavy (non-hydrogen) atoms. The number of amides is 2. The standard InChI is InChI=1S/C53H65ClN8O6S/c1-32(36-8-10-38(11-9-36)49-34(3)56-31-69-49)24-47(64)46-26-43(63)29-62(46)52(67)50(53(5,6)7)58-48(65)30-68-35(4)37-18-21-60(22-19-37)42-16-14-39(15-17-42)51(66)57-33(2)28-61-23-20-45(59-61)40-12-13-41(27-55)44(54)25-40/h8-17,20,23,25,31-33,35,37,43,46,50-51,57,63,66H,18-19,21-22,24,26,28-30H2,1-7H3,(H,58,65)/t32-,33+,35?,43-,46?,50-,51-/m1/s1. The molecule has 0 bridgehead atoms. The smallest absolute Gasteiger partial charge is 0.246 e. The highest BCUT2D eigenvalue weighted by Gasteiger charge is 2.44. The molecule has 2 unspecified atom stereocenters. The van der Waals surface area contributed by atoms with Gasteiger partial charge in [0.25, 0.3) is 0 Å². The van der Waals surface area contributed by atoms with Crippen LogP contribution in [0.15, 0.2) is 84.5 Å². The van der Waals surface area contributed by atoms with E-state index < -0.39 is 35.7 Å². The van der Waals surface area contributed by atoms with E-state index >= 15 is 0 Å². The lowest BCUT2D eigenvalue weighted by Crippen LogP contribution is -2.57. The molecule has 16 heteroatoms. The highest BCUT2D eigenvalue weighted by atomic mass is 35.5. The minimum atomic E-state index is -0.932. The molecule has 2 aliphatic heterocycles. The Morgan fingerprint density at radius 3 is 2.30 bits per heavy atom. The highest BCUT2D eigenvalue weighted by Crippen LogP contribution is 2.33. The average Bonchev–Trinajstić information content (AvgIpc) is 4.09. The number of likely N-dealkylation sites (tertiary alicyclic amines) is 1. The van der Waals surface area contributed by atoms with Crippen LogP contribution in [0.5, 0.6) is 0 Å². The Bertz CT molecular complexity index is 2600. The Kier molecular flexibility index (Phi) is 16.8. The largest absolute Gasteiger partial charge is 0.391 e. The Morgan fingerprint density at radius 2 is 1.67 bits per heavy atom. The molecule has 366 valence electrons. The Labute approximate surface area is 414 Å². The number of benzene rings is 3. The molecule has 0 saturated carbocycles. The van der Waals surface area contributed by atoms with Crippen molar-refractivity contribution in [1.82, 2.24) is 30.3 Å². The molecule has 2 aliphatic rings. The molecule has 7 rings (SSSR count). The maximum atomic E-state index is 14.2. The van der Waals surface area contributed by atoms with Gasteiger partial charge >= 0.3 is 0 Å². The van der Waals surface area contributed by atoms with Gasteiger partial charge in [-0.2, -0.15) is 10.4 Å². The van der Waals surface area contributed by atoms with Gasteiger partial charge in [0, 0.05) is 56.0 Å². The van der Waals surface area contributed by atoms with Crippen LogP contribution in [0.1, 0.15) is 102 Å². The number of carbonyl (C=O) groups excluding carboxylic acids is 3. The van der Waals surface area contributed by atoms with E-state index in [1.54, 1.807) is 23.5 Å². The van der Waals surface area contributed by atoms with Gasteiger partial charge in [-0.1, -0.05) is 81.8 Å². The summed E-state index contributed by atoms with van der Waals surface area (Å²) in [5.74, 6) is -0.774. The van der Waals surface area contributed by atoms with Crippen LogP contribution in [-0.2, 0) is 25.7 Å². The van der Waals surface area contributed by atoms with Crippen molar-refractivity contribution in [2.45, 2.75) is 123 Å². The first kappa shape index (κ1) is 51.4. The predicted octanol–water partition coefficient (Wildman–Crippen LogP) is 8.05. The van der Waals surface area contributed by atoms with Crippen LogP contribution in [0.3, 0.4) is 0 Å². The Hall–Kier alpha value is -5.47. The molecule has 2 amide bonds. The fourth-order valence-corrected chi connectivity index (χ4v) is 10.4. The van der Waals surface area contributed by atoms with Gasteiger partial charge in [0.05, 0.1) is 57.2 Å². The summed E-state index contributed by atoms with van der Waals surface area (Å²) in [7, 11) is 0. The van der Waals surface area contributed by atoms with E-state index in [9.17, 15) is 29.9 Å². The molecule has 0 spiro atoms. The molecule has 7 atom stereocenters. The van der Waals surface area contributed by atoms with Gasteiger partial charge in [-0.3, -0.25) is 24.4 Å². The lowest BCUT2D eigenvalue weighted by Gasteiger charge is -2.37. The number of rotatable bonds is 18. The summed E-state index contributed by atoms with van der Waals surface area (Å²) in [6.45, 7) is 15.5. The summed E-state index contributed by atoms with van der Waals surface area (Å²) in [4.78, 5) is 50.8. The van der Waals surface area contributed by atoms with E-state index in [4.69, 9.17) is 16.3 Å². The number of anilines is 1. The van der Waals surface area contributed by atoms with Crippen LogP contribution in [0, 0.1) is 29.6 Å². The van der Waals surface area contributed by atoms with Crippen molar-refractivity contribution in [3.63, 3.8) is 0 Å². The summed E-state index contributed by atoms with van der Waals surface area (Å²) in [6, 6.07) is 23.5. The second-order valence-corrected chi connectivity index (χ2v) is 21.1. The van der Waals surface area contributed by atoms with E-state index in [-0.39, 0.29) is 61.7 Å². The van der Waals surface area contributed by atoms with E-state index in [1.807, 2.05) is 126 Å². The summed E-state index contributed by atoms with van der Waals surface area (Å²) in [5, 5.41) is 42.2. The van der Waals surface area contributed by atoms with E-state index in [0.717, 1.165) is 70.1 Å². The molecule has 3 aromatic carbocycles. The summed E-state index contributed by atoms with van der Waals surface area (Å²) >= 11 is 7.82. The molecule has 0 aliphatic carbocycles. The fraction of sp³-hybridized carbons (Fsp3) is 0.472. The number of halogens is 1. The van der Waals surface area contributed by atoms with Gasteiger partial charge in [-0.05, 0) is 97.9 Å². The van der Waals surface area contributed by atoms with Crippen molar-refractivity contribution in [3.8, 4) is 27.8 Å². The average molecular weight is 978 g/mol. The predicted molar refractivity (Wildman–Crippen MR) is 270 cm³/mol. The van der Waals surface area contributed by atoms with E-state index in [1.165, 1.54) is 4.90 Å². The number of ether oxygens (including phenoxy) is 1. The van der Waals surface area contributed by atoms with E-state index in [0.29, 0.717) is 17.1 Å². The molecule has 5 aromatic rings. The zero-order valence-corrected chi connectivity index (χ0v) is 42.1. The quantitative estimate of drug-likeness (QED) is 0.0623. The van der Waals surface area contributed by atoms with Gasteiger partial charge in [0.15, 0.2) is 5.78 Å². The normalized spacial score (nSPS) is 18.9.